The highest BCUT2D eigenvalue weighted by Crippen LogP contribution is 2.25. The van der Waals surface area contributed by atoms with Crippen LogP contribution in [0.1, 0.15) is 22.7 Å². The Bertz CT molecular complexity index is 551. The molecule has 0 radical (unpaired) electrons. The van der Waals surface area contributed by atoms with Crippen LogP contribution in [0.2, 0.25) is 0 Å². The Morgan fingerprint density at radius 2 is 1.84 bits per heavy atom. The summed E-state index contributed by atoms with van der Waals surface area (Å²) in [5.74, 6) is 0. The zero-order chi connectivity index (χ0) is 13.8. The molecule has 1 atom stereocenters. The maximum absolute atomic E-state index is 3.56. The summed E-state index contributed by atoms with van der Waals surface area (Å²) in [6.07, 6.45) is 1.00. The van der Waals surface area contributed by atoms with Gasteiger partial charge in [-0.3, -0.25) is 0 Å². The lowest BCUT2D eigenvalue weighted by molar-refractivity contribution is 0.588. The number of nitrogens with one attached hydrogen (secondary N) is 1. The van der Waals surface area contributed by atoms with Gasteiger partial charge in [0.2, 0.25) is 0 Å². The minimum absolute atomic E-state index is 0.345. The third-order valence-electron chi connectivity index (χ3n) is 3.32. The van der Waals surface area contributed by atoms with Crippen LogP contribution in [0.5, 0.6) is 0 Å². The molecule has 0 aliphatic rings. The third kappa shape index (κ3) is 4.04. The third-order valence-corrected chi connectivity index (χ3v) is 4.53. The van der Waals surface area contributed by atoms with Gasteiger partial charge in [0.15, 0.2) is 0 Å². The van der Waals surface area contributed by atoms with Gasteiger partial charge in [0.1, 0.15) is 0 Å². The summed E-state index contributed by atoms with van der Waals surface area (Å²) >= 11 is 5.90. The van der Waals surface area contributed by atoms with E-state index in [1.807, 2.05) is 7.05 Å². The van der Waals surface area contributed by atoms with E-state index in [0.29, 0.717) is 6.04 Å². The van der Waals surface area contributed by atoms with Crippen molar-refractivity contribution in [3.63, 3.8) is 0 Å². The summed E-state index contributed by atoms with van der Waals surface area (Å²) < 4.78 is 2.41. The molecular weight excluding hydrogens is 413 g/mol. The normalized spacial score (nSPS) is 12.4. The number of aryl methyl sites for hydroxylation is 1. The first kappa shape index (κ1) is 15.0. The van der Waals surface area contributed by atoms with Crippen LogP contribution in [0, 0.1) is 10.5 Å². The molecule has 0 aliphatic carbocycles. The molecule has 1 nitrogen and oxygen atoms in total. The van der Waals surface area contributed by atoms with Crippen LogP contribution in [0.25, 0.3) is 0 Å². The zero-order valence-electron chi connectivity index (χ0n) is 11.1. The Balaban J connectivity index is 2.24. The summed E-state index contributed by atoms with van der Waals surface area (Å²) in [6.45, 7) is 2.17. The SMILES string of the molecule is CNC(Cc1ccc(I)cc1)c1cc(Br)ccc1C. The molecule has 0 fully saturated rings. The highest BCUT2D eigenvalue weighted by atomic mass is 127. The Hall–Kier alpha value is -0.390. The fraction of sp³-hybridized carbons (Fsp3) is 0.250. The van der Waals surface area contributed by atoms with Crippen molar-refractivity contribution in [2.45, 2.75) is 19.4 Å². The predicted molar refractivity (Wildman–Crippen MR) is 93.5 cm³/mol. The number of hydrogen-bond donors (Lipinski definition) is 1. The van der Waals surface area contributed by atoms with Crippen molar-refractivity contribution in [2.75, 3.05) is 7.05 Å². The minimum Gasteiger partial charge on any atom is -0.313 e. The van der Waals surface area contributed by atoms with E-state index < -0.39 is 0 Å². The van der Waals surface area contributed by atoms with Crippen LogP contribution in [0.15, 0.2) is 46.9 Å². The van der Waals surface area contributed by atoms with Crippen molar-refractivity contribution >= 4 is 38.5 Å². The Morgan fingerprint density at radius 3 is 2.47 bits per heavy atom. The molecule has 3 heteroatoms. The summed E-state index contributed by atoms with van der Waals surface area (Å²) in [5.41, 5.74) is 4.04. The maximum atomic E-state index is 3.56. The van der Waals surface area contributed by atoms with Gasteiger partial charge in [-0.05, 0) is 83.9 Å². The first-order chi connectivity index (χ1) is 9.10. The van der Waals surface area contributed by atoms with E-state index in [1.54, 1.807) is 0 Å². The molecule has 0 saturated heterocycles. The first-order valence-electron chi connectivity index (χ1n) is 6.28. The van der Waals surface area contributed by atoms with Gasteiger partial charge in [-0.25, -0.2) is 0 Å². The fourth-order valence-electron chi connectivity index (χ4n) is 2.21. The number of rotatable bonds is 4. The second-order valence-corrected chi connectivity index (χ2v) is 6.83. The maximum Gasteiger partial charge on any atom is 0.0361 e. The van der Waals surface area contributed by atoms with E-state index in [1.165, 1.54) is 20.3 Å². The van der Waals surface area contributed by atoms with Gasteiger partial charge in [-0.2, -0.15) is 0 Å². The Kier molecular flexibility index (Phi) is 5.42. The van der Waals surface area contributed by atoms with Gasteiger partial charge in [0.25, 0.3) is 0 Å². The number of hydrogen-bond acceptors (Lipinski definition) is 1. The highest BCUT2D eigenvalue weighted by molar-refractivity contribution is 14.1. The van der Waals surface area contributed by atoms with Crippen LogP contribution in [0.4, 0.5) is 0 Å². The van der Waals surface area contributed by atoms with Gasteiger partial charge in [0, 0.05) is 14.1 Å². The van der Waals surface area contributed by atoms with Crippen molar-refractivity contribution in [3.05, 3.63) is 67.2 Å². The van der Waals surface area contributed by atoms with Crippen molar-refractivity contribution in [1.82, 2.24) is 5.32 Å². The van der Waals surface area contributed by atoms with Crippen molar-refractivity contribution < 1.29 is 0 Å². The molecule has 0 aromatic heterocycles. The topological polar surface area (TPSA) is 12.0 Å². The average Bonchev–Trinajstić information content (AvgIpc) is 2.41. The zero-order valence-corrected chi connectivity index (χ0v) is 14.8. The van der Waals surface area contributed by atoms with Gasteiger partial charge >= 0.3 is 0 Å². The molecule has 100 valence electrons. The average molecular weight is 430 g/mol. The molecule has 1 N–H and O–H groups in total. The molecule has 0 bridgehead atoms. The van der Waals surface area contributed by atoms with E-state index in [-0.39, 0.29) is 0 Å². The van der Waals surface area contributed by atoms with Gasteiger partial charge in [-0.1, -0.05) is 34.1 Å². The quantitative estimate of drug-likeness (QED) is 0.684. The van der Waals surface area contributed by atoms with Gasteiger partial charge in [-0.15, -0.1) is 0 Å². The predicted octanol–water partition coefficient (Wildman–Crippen LogP) is 4.87. The number of benzene rings is 2. The second kappa shape index (κ2) is 6.86. The molecule has 19 heavy (non-hydrogen) atoms. The monoisotopic (exact) mass is 429 g/mol. The van der Waals surface area contributed by atoms with E-state index in [0.717, 1.165) is 10.9 Å². The van der Waals surface area contributed by atoms with Gasteiger partial charge in [0.05, 0.1) is 0 Å². The van der Waals surface area contributed by atoms with E-state index in [4.69, 9.17) is 0 Å². The van der Waals surface area contributed by atoms with E-state index in [2.05, 4.69) is 93.2 Å². The molecule has 2 aromatic rings. The number of likely N-dealkylation sites (N-methyl/N-ethyl adjacent to an activating group) is 1. The second-order valence-electron chi connectivity index (χ2n) is 4.67. The molecule has 2 rings (SSSR count). The van der Waals surface area contributed by atoms with Crippen LogP contribution in [-0.2, 0) is 6.42 Å². The molecule has 2 aromatic carbocycles. The van der Waals surface area contributed by atoms with E-state index >= 15 is 0 Å². The fourth-order valence-corrected chi connectivity index (χ4v) is 2.95. The largest absolute Gasteiger partial charge is 0.313 e. The van der Waals surface area contributed by atoms with Crippen molar-refractivity contribution in [1.29, 1.82) is 0 Å². The highest BCUT2D eigenvalue weighted by Gasteiger charge is 2.13. The molecular formula is C16H17BrIN. The van der Waals surface area contributed by atoms with Crippen LogP contribution < -0.4 is 5.32 Å². The molecule has 0 spiro atoms. The Morgan fingerprint density at radius 1 is 1.16 bits per heavy atom. The summed E-state index contributed by atoms with van der Waals surface area (Å²) in [7, 11) is 2.03. The lowest BCUT2D eigenvalue weighted by Crippen LogP contribution is -2.19. The van der Waals surface area contributed by atoms with E-state index in [9.17, 15) is 0 Å². The summed E-state index contributed by atoms with van der Waals surface area (Å²) in [4.78, 5) is 0. The van der Waals surface area contributed by atoms with Crippen LogP contribution in [0.3, 0.4) is 0 Å². The van der Waals surface area contributed by atoms with Crippen LogP contribution >= 0.6 is 38.5 Å². The van der Waals surface area contributed by atoms with Crippen molar-refractivity contribution in [2.24, 2.45) is 0 Å². The lowest BCUT2D eigenvalue weighted by atomic mass is 9.95. The standard InChI is InChI=1S/C16H17BrIN/c1-11-3-6-13(17)10-15(11)16(19-2)9-12-4-7-14(18)8-5-12/h3-8,10,16,19H,9H2,1-2H3. The first-order valence-corrected chi connectivity index (χ1v) is 8.15. The molecule has 0 amide bonds. The molecule has 0 heterocycles. The summed E-state index contributed by atoms with van der Waals surface area (Å²) in [6, 6.07) is 15.6. The number of halogens is 2. The van der Waals surface area contributed by atoms with Gasteiger partial charge < -0.3 is 5.32 Å². The summed E-state index contributed by atoms with van der Waals surface area (Å²) in [5, 5.41) is 3.43. The smallest absolute Gasteiger partial charge is 0.0361 e. The minimum atomic E-state index is 0.345. The van der Waals surface area contributed by atoms with Crippen LogP contribution in [-0.4, -0.2) is 7.05 Å². The molecule has 1 unspecified atom stereocenters. The molecule has 0 saturated carbocycles. The Labute approximate surface area is 137 Å². The van der Waals surface area contributed by atoms with Crippen molar-refractivity contribution in [3.8, 4) is 0 Å². The lowest BCUT2D eigenvalue weighted by Gasteiger charge is -2.19. The molecule has 0 aliphatic heterocycles.